The minimum absolute atomic E-state index is 0.152. The van der Waals surface area contributed by atoms with Gasteiger partial charge in [0.05, 0.1) is 0 Å². The van der Waals surface area contributed by atoms with Gasteiger partial charge in [-0.25, -0.2) is 0 Å². The Morgan fingerprint density at radius 3 is 2.86 bits per heavy atom. The SMILES string of the molecule is CC(C)(N)CNC(=O)C1CCN(c2cccc(Br)c2)C1=O. The van der Waals surface area contributed by atoms with Crippen LogP contribution < -0.4 is 16.0 Å². The Morgan fingerprint density at radius 2 is 2.24 bits per heavy atom. The molecule has 21 heavy (non-hydrogen) atoms. The van der Waals surface area contributed by atoms with Gasteiger partial charge in [-0.2, -0.15) is 0 Å². The number of nitrogens with two attached hydrogens (primary N) is 1. The van der Waals surface area contributed by atoms with Crippen LogP contribution in [0.3, 0.4) is 0 Å². The van der Waals surface area contributed by atoms with Gasteiger partial charge in [-0.15, -0.1) is 0 Å². The first kappa shape index (κ1) is 16.0. The molecule has 0 bridgehead atoms. The van der Waals surface area contributed by atoms with E-state index in [2.05, 4.69) is 21.2 Å². The average Bonchev–Trinajstić information content (AvgIpc) is 2.77. The predicted octanol–water partition coefficient (Wildman–Crippen LogP) is 1.66. The molecule has 1 aromatic rings. The number of benzene rings is 1. The first-order chi connectivity index (χ1) is 9.78. The molecular weight excluding hydrogens is 334 g/mol. The first-order valence-electron chi connectivity index (χ1n) is 6.91. The molecule has 2 amide bonds. The van der Waals surface area contributed by atoms with Gasteiger partial charge in [0.2, 0.25) is 11.8 Å². The summed E-state index contributed by atoms with van der Waals surface area (Å²) in [6.07, 6.45) is 0.530. The van der Waals surface area contributed by atoms with Crippen molar-refractivity contribution in [3.8, 4) is 0 Å². The maximum atomic E-state index is 12.4. The highest BCUT2D eigenvalue weighted by molar-refractivity contribution is 9.10. The fourth-order valence-corrected chi connectivity index (χ4v) is 2.65. The van der Waals surface area contributed by atoms with Crippen molar-refractivity contribution in [1.29, 1.82) is 0 Å². The molecular formula is C15H20BrN3O2. The number of carbonyl (C=O) groups excluding carboxylic acids is 2. The van der Waals surface area contributed by atoms with Gasteiger partial charge in [-0.1, -0.05) is 22.0 Å². The van der Waals surface area contributed by atoms with Crippen molar-refractivity contribution in [3.63, 3.8) is 0 Å². The third kappa shape index (κ3) is 4.04. The minimum Gasteiger partial charge on any atom is -0.354 e. The third-order valence-electron chi connectivity index (χ3n) is 3.36. The van der Waals surface area contributed by atoms with Crippen LogP contribution in [0.5, 0.6) is 0 Å². The van der Waals surface area contributed by atoms with E-state index in [1.807, 2.05) is 38.1 Å². The molecule has 0 aliphatic carbocycles. The zero-order valence-corrected chi connectivity index (χ0v) is 13.8. The predicted molar refractivity (Wildman–Crippen MR) is 85.9 cm³/mol. The van der Waals surface area contributed by atoms with Gasteiger partial charge in [-0.05, 0) is 38.5 Å². The molecule has 6 heteroatoms. The Balaban J connectivity index is 2.03. The number of hydrogen-bond acceptors (Lipinski definition) is 3. The van der Waals surface area contributed by atoms with Crippen LogP contribution in [0.25, 0.3) is 0 Å². The smallest absolute Gasteiger partial charge is 0.239 e. The fraction of sp³-hybridized carbons (Fsp3) is 0.467. The third-order valence-corrected chi connectivity index (χ3v) is 3.85. The summed E-state index contributed by atoms with van der Waals surface area (Å²) < 4.78 is 0.908. The van der Waals surface area contributed by atoms with E-state index in [-0.39, 0.29) is 11.8 Å². The van der Waals surface area contributed by atoms with Gasteiger partial charge >= 0.3 is 0 Å². The highest BCUT2D eigenvalue weighted by atomic mass is 79.9. The van der Waals surface area contributed by atoms with Gasteiger partial charge in [0, 0.05) is 28.8 Å². The standard InChI is InChI=1S/C15H20BrN3O2/c1-15(2,17)9-18-13(20)12-6-7-19(14(12)21)11-5-3-4-10(16)8-11/h3-5,8,12H,6-7,9,17H2,1-2H3,(H,18,20). The first-order valence-corrected chi connectivity index (χ1v) is 7.71. The number of nitrogens with zero attached hydrogens (tertiary/aromatic N) is 1. The van der Waals surface area contributed by atoms with Gasteiger partial charge in [0.25, 0.3) is 0 Å². The van der Waals surface area contributed by atoms with Gasteiger partial charge in [0.1, 0.15) is 5.92 Å². The fourth-order valence-electron chi connectivity index (χ4n) is 2.26. The number of rotatable bonds is 4. The van der Waals surface area contributed by atoms with Crippen LogP contribution in [-0.2, 0) is 9.59 Å². The Labute approximate surface area is 133 Å². The Kier molecular flexibility index (Phi) is 4.68. The van der Waals surface area contributed by atoms with E-state index >= 15 is 0 Å². The Morgan fingerprint density at radius 1 is 1.52 bits per heavy atom. The van der Waals surface area contributed by atoms with E-state index < -0.39 is 11.5 Å². The van der Waals surface area contributed by atoms with E-state index in [9.17, 15) is 9.59 Å². The molecule has 1 aromatic carbocycles. The molecule has 1 saturated heterocycles. The van der Waals surface area contributed by atoms with Gasteiger partial charge in [-0.3, -0.25) is 9.59 Å². The summed E-state index contributed by atoms with van der Waals surface area (Å²) in [6, 6.07) is 7.52. The second kappa shape index (κ2) is 6.15. The largest absolute Gasteiger partial charge is 0.354 e. The normalized spacial score (nSPS) is 19.0. The lowest BCUT2D eigenvalue weighted by atomic mass is 10.0. The van der Waals surface area contributed by atoms with Crippen LogP contribution in [0, 0.1) is 5.92 Å². The number of anilines is 1. The molecule has 0 spiro atoms. The van der Waals surface area contributed by atoms with Crippen molar-refractivity contribution >= 4 is 33.4 Å². The van der Waals surface area contributed by atoms with E-state index in [0.29, 0.717) is 19.5 Å². The average molecular weight is 354 g/mol. The molecule has 1 unspecified atom stereocenters. The minimum atomic E-state index is -0.619. The molecule has 1 aliphatic rings. The summed E-state index contributed by atoms with van der Waals surface area (Å²) in [5.41, 5.74) is 6.16. The van der Waals surface area contributed by atoms with Gasteiger partial charge in [0.15, 0.2) is 0 Å². The second-order valence-electron chi connectivity index (χ2n) is 6.02. The lowest BCUT2D eigenvalue weighted by Crippen LogP contribution is -2.47. The van der Waals surface area contributed by atoms with Crippen LogP contribution in [0.2, 0.25) is 0 Å². The number of nitrogens with one attached hydrogen (secondary N) is 1. The second-order valence-corrected chi connectivity index (χ2v) is 6.93. The summed E-state index contributed by atoms with van der Waals surface area (Å²) >= 11 is 3.39. The number of carbonyl (C=O) groups is 2. The molecule has 3 N–H and O–H groups in total. The monoisotopic (exact) mass is 353 g/mol. The number of amides is 2. The molecule has 0 radical (unpaired) electrons. The van der Waals surface area contributed by atoms with E-state index in [4.69, 9.17) is 5.73 Å². The lowest BCUT2D eigenvalue weighted by Gasteiger charge is -2.20. The summed E-state index contributed by atoms with van der Waals surface area (Å²) in [5, 5.41) is 2.76. The molecule has 1 heterocycles. The van der Waals surface area contributed by atoms with Crippen molar-refractivity contribution in [1.82, 2.24) is 5.32 Å². The van der Waals surface area contributed by atoms with Crippen molar-refractivity contribution in [2.24, 2.45) is 11.7 Å². The van der Waals surface area contributed by atoms with Crippen molar-refractivity contribution in [3.05, 3.63) is 28.7 Å². The van der Waals surface area contributed by atoms with Crippen LogP contribution >= 0.6 is 15.9 Å². The quantitative estimate of drug-likeness (QED) is 0.808. The van der Waals surface area contributed by atoms with Crippen molar-refractivity contribution in [2.75, 3.05) is 18.0 Å². The van der Waals surface area contributed by atoms with E-state index in [1.165, 1.54) is 0 Å². The van der Waals surface area contributed by atoms with Crippen LogP contribution in [0.1, 0.15) is 20.3 Å². The number of halogens is 1. The van der Waals surface area contributed by atoms with E-state index in [1.54, 1.807) is 4.90 Å². The maximum absolute atomic E-state index is 12.4. The molecule has 2 rings (SSSR count). The maximum Gasteiger partial charge on any atom is 0.239 e. The van der Waals surface area contributed by atoms with Crippen molar-refractivity contribution < 1.29 is 9.59 Å². The molecule has 5 nitrogen and oxygen atoms in total. The summed E-state index contributed by atoms with van der Waals surface area (Å²) in [5.74, 6) is -1.01. The van der Waals surface area contributed by atoms with Crippen molar-refractivity contribution in [2.45, 2.75) is 25.8 Å². The zero-order valence-electron chi connectivity index (χ0n) is 12.2. The van der Waals surface area contributed by atoms with E-state index in [0.717, 1.165) is 10.2 Å². The van der Waals surface area contributed by atoms with Crippen LogP contribution in [0.4, 0.5) is 5.69 Å². The highest BCUT2D eigenvalue weighted by Crippen LogP contribution is 2.27. The summed E-state index contributed by atoms with van der Waals surface area (Å²) in [6.45, 7) is 4.57. The summed E-state index contributed by atoms with van der Waals surface area (Å²) in [7, 11) is 0. The molecule has 114 valence electrons. The molecule has 1 aliphatic heterocycles. The molecule has 0 saturated carbocycles. The molecule has 1 fully saturated rings. The topological polar surface area (TPSA) is 75.4 Å². The number of hydrogen-bond donors (Lipinski definition) is 2. The Hall–Kier alpha value is -1.40. The van der Waals surface area contributed by atoms with Gasteiger partial charge < -0.3 is 16.0 Å². The van der Waals surface area contributed by atoms with Crippen LogP contribution in [-0.4, -0.2) is 30.4 Å². The molecule has 0 aromatic heterocycles. The molecule has 1 atom stereocenters. The Bertz CT molecular complexity index is 554. The van der Waals surface area contributed by atoms with Crippen LogP contribution in [0.15, 0.2) is 28.7 Å². The lowest BCUT2D eigenvalue weighted by molar-refractivity contribution is -0.132. The zero-order chi connectivity index (χ0) is 15.6. The summed E-state index contributed by atoms with van der Waals surface area (Å²) in [4.78, 5) is 26.2. The highest BCUT2D eigenvalue weighted by Gasteiger charge is 2.37.